The molecule has 1 rings (SSSR count). The molecule has 0 fully saturated rings. The summed E-state index contributed by atoms with van der Waals surface area (Å²) in [5, 5.41) is 10.9. The van der Waals surface area contributed by atoms with Gasteiger partial charge in [0.05, 0.1) is 15.6 Å². The third kappa shape index (κ3) is 3.50. The van der Waals surface area contributed by atoms with Gasteiger partial charge in [0.1, 0.15) is 0 Å². The molecule has 104 valence electrons. The van der Waals surface area contributed by atoms with Gasteiger partial charge in [-0.15, -0.1) is 0 Å². The first-order valence-corrected chi connectivity index (χ1v) is 7.19. The smallest absolute Gasteiger partial charge is 0.312 e. The molecule has 19 heavy (non-hydrogen) atoms. The van der Waals surface area contributed by atoms with Crippen molar-refractivity contribution in [1.29, 1.82) is 0 Å². The van der Waals surface area contributed by atoms with Crippen LogP contribution in [0.25, 0.3) is 0 Å². The van der Waals surface area contributed by atoms with Crippen LogP contribution in [0.15, 0.2) is 23.1 Å². The lowest BCUT2D eigenvalue weighted by atomic mass is 10.3. The second-order valence-electron chi connectivity index (χ2n) is 3.62. The van der Waals surface area contributed by atoms with Gasteiger partial charge in [-0.25, -0.2) is 8.42 Å². The molecule has 0 saturated heterocycles. The van der Waals surface area contributed by atoms with Crippen molar-refractivity contribution < 1.29 is 22.9 Å². The Bertz CT molecular complexity index is 608. The molecular formula is C11H13NO6S. The number of carbonyl (C=O) groups excluding carboxylic acids is 1. The van der Waals surface area contributed by atoms with Crippen LogP contribution in [0, 0.1) is 10.1 Å². The Morgan fingerprint density at radius 1 is 1.37 bits per heavy atom. The average molecular weight is 287 g/mol. The molecule has 7 nitrogen and oxygen atoms in total. The summed E-state index contributed by atoms with van der Waals surface area (Å²) in [6.07, 6.45) is 0.0617. The largest absolute Gasteiger partial charge is 0.419 e. The summed E-state index contributed by atoms with van der Waals surface area (Å²) in [4.78, 5) is 21.1. The number of ether oxygens (including phenoxy) is 1. The molecule has 0 radical (unpaired) electrons. The Labute approximate surface area is 110 Å². The van der Waals surface area contributed by atoms with E-state index in [2.05, 4.69) is 0 Å². The fourth-order valence-corrected chi connectivity index (χ4v) is 2.18. The van der Waals surface area contributed by atoms with Crippen molar-refractivity contribution >= 4 is 21.5 Å². The van der Waals surface area contributed by atoms with Gasteiger partial charge >= 0.3 is 11.7 Å². The minimum absolute atomic E-state index is 0.0617. The van der Waals surface area contributed by atoms with E-state index < -0.39 is 26.4 Å². The number of rotatable bonds is 5. The van der Waals surface area contributed by atoms with Gasteiger partial charge in [0, 0.05) is 12.5 Å². The van der Waals surface area contributed by atoms with Crippen LogP contribution >= 0.6 is 0 Å². The van der Waals surface area contributed by atoms with E-state index in [0.29, 0.717) is 0 Å². The summed E-state index contributed by atoms with van der Waals surface area (Å²) >= 11 is 0. The number of nitrogens with zero attached hydrogens (tertiary/aromatic N) is 1. The van der Waals surface area contributed by atoms with E-state index in [4.69, 9.17) is 4.74 Å². The lowest BCUT2D eigenvalue weighted by Gasteiger charge is -2.06. The lowest BCUT2D eigenvalue weighted by molar-refractivity contribution is -0.385. The maximum absolute atomic E-state index is 11.6. The summed E-state index contributed by atoms with van der Waals surface area (Å²) in [6.45, 7) is 2.98. The molecule has 0 N–H and O–H groups in total. The van der Waals surface area contributed by atoms with E-state index in [9.17, 15) is 23.3 Å². The summed E-state index contributed by atoms with van der Waals surface area (Å²) < 4.78 is 28.1. The topological polar surface area (TPSA) is 104 Å². The van der Waals surface area contributed by atoms with Crippen molar-refractivity contribution in [2.45, 2.75) is 25.2 Å². The van der Waals surface area contributed by atoms with Crippen LogP contribution in [-0.4, -0.2) is 25.1 Å². The maximum atomic E-state index is 11.6. The molecule has 0 unspecified atom stereocenters. The summed E-state index contributed by atoms with van der Waals surface area (Å²) in [6, 6.07) is 3.20. The van der Waals surface area contributed by atoms with Gasteiger partial charge in [-0.1, -0.05) is 13.8 Å². The van der Waals surface area contributed by atoms with Gasteiger partial charge in [-0.3, -0.25) is 14.9 Å². The molecule has 0 heterocycles. The number of carbonyl (C=O) groups is 1. The van der Waals surface area contributed by atoms with Gasteiger partial charge in [0.25, 0.3) is 0 Å². The molecule has 1 aromatic carbocycles. The highest BCUT2D eigenvalue weighted by Crippen LogP contribution is 2.30. The number of sulfone groups is 1. The quantitative estimate of drug-likeness (QED) is 0.353. The monoisotopic (exact) mass is 287 g/mol. The average Bonchev–Trinajstić information content (AvgIpc) is 2.38. The molecule has 0 spiro atoms. The Balaban J connectivity index is 3.31. The number of esters is 1. The molecule has 0 aliphatic heterocycles. The molecule has 0 aromatic heterocycles. The van der Waals surface area contributed by atoms with Crippen LogP contribution in [0.1, 0.15) is 20.3 Å². The van der Waals surface area contributed by atoms with Crippen LogP contribution in [0.4, 0.5) is 5.69 Å². The SMILES string of the molecule is CCC(=O)Oc1ccc(S(=O)(=O)CC)cc1[N+](=O)[O-]. The van der Waals surface area contributed by atoms with Crippen LogP contribution in [-0.2, 0) is 14.6 Å². The Hall–Kier alpha value is -1.96. The van der Waals surface area contributed by atoms with Gasteiger partial charge in [-0.2, -0.15) is 0 Å². The zero-order valence-corrected chi connectivity index (χ0v) is 11.3. The molecule has 0 saturated carbocycles. The number of nitro groups is 1. The molecule has 1 aromatic rings. The van der Waals surface area contributed by atoms with Crippen molar-refractivity contribution in [3.8, 4) is 5.75 Å². The minimum atomic E-state index is -3.55. The van der Waals surface area contributed by atoms with Gasteiger partial charge in [0.2, 0.25) is 5.75 Å². The molecule has 0 aliphatic carbocycles. The first-order valence-electron chi connectivity index (χ1n) is 5.53. The molecule has 8 heteroatoms. The third-order valence-corrected chi connectivity index (χ3v) is 4.11. The van der Waals surface area contributed by atoms with Gasteiger partial charge in [0.15, 0.2) is 9.84 Å². The summed E-state index contributed by atoms with van der Waals surface area (Å²) in [5.41, 5.74) is -0.545. The molecule has 0 amide bonds. The Kier molecular flexibility index (Phi) is 4.60. The van der Waals surface area contributed by atoms with Crippen LogP contribution in [0.5, 0.6) is 5.75 Å². The zero-order chi connectivity index (χ0) is 14.6. The van der Waals surface area contributed by atoms with Gasteiger partial charge < -0.3 is 4.74 Å². The second-order valence-corrected chi connectivity index (χ2v) is 5.90. The fourth-order valence-electron chi connectivity index (χ4n) is 1.28. The number of hydrogen-bond donors (Lipinski definition) is 0. The Morgan fingerprint density at radius 2 is 2.00 bits per heavy atom. The molecule has 0 atom stereocenters. The minimum Gasteiger partial charge on any atom is -0.419 e. The number of hydrogen-bond acceptors (Lipinski definition) is 6. The van der Waals surface area contributed by atoms with E-state index in [0.717, 1.165) is 12.1 Å². The molecular weight excluding hydrogens is 274 g/mol. The van der Waals surface area contributed by atoms with Crippen molar-refractivity contribution in [2.24, 2.45) is 0 Å². The van der Waals surface area contributed by atoms with E-state index in [1.54, 1.807) is 6.92 Å². The van der Waals surface area contributed by atoms with Gasteiger partial charge in [-0.05, 0) is 12.1 Å². The zero-order valence-electron chi connectivity index (χ0n) is 10.5. The van der Waals surface area contributed by atoms with E-state index in [1.807, 2.05) is 0 Å². The third-order valence-electron chi connectivity index (χ3n) is 2.38. The highest BCUT2D eigenvalue weighted by molar-refractivity contribution is 7.91. The normalized spacial score (nSPS) is 11.1. The highest BCUT2D eigenvalue weighted by Gasteiger charge is 2.22. The van der Waals surface area contributed by atoms with Crippen LogP contribution in [0.3, 0.4) is 0 Å². The number of benzene rings is 1. The van der Waals surface area contributed by atoms with Crippen LogP contribution < -0.4 is 4.74 Å². The van der Waals surface area contributed by atoms with E-state index in [-0.39, 0.29) is 22.8 Å². The maximum Gasteiger partial charge on any atom is 0.312 e. The first kappa shape index (κ1) is 15.1. The standard InChI is InChI=1S/C11H13NO6S/c1-3-11(13)18-10-6-5-8(19(16,17)4-2)7-9(10)12(14)15/h5-7H,3-4H2,1-2H3. The van der Waals surface area contributed by atoms with Crippen molar-refractivity contribution in [1.82, 2.24) is 0 Å². The second kappa shape index (κ2) is 5.79. The lowest BCUT2D eigenvalue weighted by Crippen LogP contribution is -2.09. The number of nitro benzene ring substituents is 1. The molecule has 0 bridgehead atoms. The van der Waals surface area contributed by atoms with Crippen molar-refractivity contribution in [3.05, 3.63) is 28.3 Å². The van der Waals surface area contributed by atoms with E-state index in [1.165, 1.54) is 13.0 Å². The molecule has 0 aliphatic rings. The predicted molar refractivity (Wildman–Crippen MR) is 66.7 cm³/mol. The Morgan fingerprint density at radius 3 is 2.47 bits per heavy atom. The summed E-state index contributed by atoms with van der Waals surface area (Å²) in [7, 11) is -3.55. The first-order chi connectivity index (χ1) is 8.81. The van der Waals surface area contributed by atoms with Crippen molar-refractivity contribution in [3.63, 3.8) is 0 Å². The predicted octanol–water partition coefficient (Wildman–Crippen LogP) is 1.70. The van der Waals surface area contributed by atoms with Crippen molar-refractivity contribution in [2.75, 3.05) is 5.75 Å². The highest BCUT2D eigenvalue weighted by atomic mass is 32.2. The summed E-state index contributed by atoms with van der Waals surface area (Å²) in [5.74, 6) is -1.06. The van der Waals surface area contributed by atoms with E-state index >= 15 is 0 Å². The fraction of sp³-hybridized carbons (Fsp3) is 0.364. The van der Waals surface area contributed by atoms with Crippen LogP contribution in [0.2, 0.25) is 0 Å².